The number of rotatable bonds is 6. The molecule has 13 heavy (non-hydrogen) atoms. The van der Waals surface area contributed by atoms with Gasteiger partial charge in [-0.3, -0.25) is 0 Å². The summed E-state index contributed by atoms with van der Waals surface area (Å²) >= 11 is 0. The summed E-state index contributed by atoms with van der Waals surface area (Å²) in [6.45, 7) is 2.52. The Kier molecular flexibility index (Phi) is 3.35. The summed E-state index contributed by atoms with van der Waals surface area (Å²) < 4.78 is 23.0. The Labute approximate surface area is 80.6 Å². The SMILES string of the molecule is CCCS(=O)(=O)CC1(CCN)CC1. The van der Waals surface area contributed by atoms with Gasteiger partial charge in [0.05, 0.1) is 5.75 Å². The standard InChI is InChI=1S/C9H19NO2S/c1-2-7-13(11,12)8-9(3-4-9)5-6-10/h2-8,10H2,1H3. The molecule has 3 nitrogen and oxygen atoms in total. The van der Waals surface area contributed by atoms with Crippen molar-refractivity contribution in [3.63, 3.8) is 0 Å². The van der Waals surface area contributed by atoms with E-state index in [0.717, 1.165) is 25.7 Å². The van der Waals surface area contributed by atoms with Crippen LogP contribution in [0.25, 0.3) is 0 Å². The maximum absolute atomic E-state index is 11.5. The fraction of sp³-hybridized carbons (Fsp3) is 1.00. The fourth-order valence-corrected chi connectivity index (χ4v) is 3.93. The average Bonchev–Trinajstić information content (AvgIpc) is 2.68. The van der Waals surface area contributed by atoms with E-state index in [1.165, 1.54) is 0 Å². The van der Waals surface area contributed by atoms with Gasteiger partial charge in [0, 0.05) is 5.75 Å². The van der Waals surface area contributed by atoms with Gasteiger partial charge < -0.3 is 5.73 Å². The van der Waals surface area contributed by atoms with Crippen molar-refractivity contribution < 1.29 is 8.42 Å². The smallest absolute Gasteiger partial charge is 0.150 e. The number of hydrogen-bond donors (Lipinski definition) is 1. The first-order valence-corrected chi connectivity index (χ1v) is 6.76. The lowest BCUT2D eigenvalue weighted by molar-refractivity contribution is 0.510. The molecule has 0 radical (unpaired) electrons. The van der Waals surface area contributed by atoms with Gasteiger partial charge in [-0.15, -0.1) is 0 Å². The maximum atomic E-state index is 11.5. The predicted octanol–water partition coefficient (Wildman–Crippen LogP) is 0.940. The molecule has 1 aliphatic carbocycles. The topological polar surface area (TPSA) is 60.2 Å². The molecule has 0 bridgehead atoms. The first kappa shape index (κ1) is 11.0. The zero-order valence-electron chi connectivity index (χ0n) is 8.25. The van der Waals surface area contributed by atoms with Crippen molar-refractivity contribution in [2.45, 2.75) is 32.6 Å². The van der Waals surface area contributed by atoms with Gasteiger partial charge >= 0.3 is 0 Å². The minimum Gasteiger partial charge on any atom is -0.330 e. The van der Waals surface area contributed by atoms with Crippen LogP contribution in [0.4, 0.5) is 0 Å². The lowest BCUT2D eigenvalue weighted by Gasteiger charge is -2.13. The maximum Gasteiger partial charge on any atom is 0.150 e. The molecule has 0 unspecified atom stereocenters. The molecular weight excluding hydrogens is 186 g/mol. The molecule has 78 valence electrons. The Hall–Kier alpha value is -0.0900. The van der Waals surface area contributed by atoms with Crippen LogP contribution < -0.4 is 5.73 Å². The third kappa shape index (κ3) is 3.27. The average molecular weight is 205 g/mol. The first-order valence-electron chi connectivity index (χ1n) is 4.94. The summed E-state index contributed by atoms with van der Waals surface area (Å²) in [7, 11) is -2.80. The second kappa shape index (κ2) is 3.96. The Morgan fingerprint density at radius 1 is 1.38 bits per heavy atom. The summed E-state index contributed by atoms with van der Waals surface area (Å²) in [5.74, 6) is 0.699. The highest BCUT2D eigenvalue weighted by atomic mass is 32.2. The Balaban J connectivity index is 2.48. The molecule has 2 N–H and O–H groups in total. The molecule has 0 saturated heterocycles. The van der Waals surface area contributed by atoms with Crippen LogP contribution in [0.1, 0.15) is 32.6 Å². The summed E-state index contributed by atoms with van der Waals surface area (Å²) in [5.41, 5.74) is 5.52. The van der Waals surface area contributed by atoms with Gasteiger partial charge in [-0.1, -0.05) is 6.92 Å². The number of hydrogen-bond acceptors (Lipinski definition) is 3. The van der Waals surface area contributed by atoms with E-state index in [2.05, 4.69) is 0 Å². The quantitative estimate of drug-likeness (QED) is 0.702. The molecule has 0 amide bonds. The van der Waals surface area contributed by atoms with E-state index in [4.69, 9.17) is 5.73 Å². The van der Waals surface area contributed by atoms with Crippen LogP contribution in [0.3, 0.4) is 0 Å². The summed E-state index contributed by atoms with van der Waals surface area (Å²) in [4.78, 5) is 0. The van der Waals surface area contributed by atoms with E-state index in [-0.39, 0.29) is 5.41 Å². The highest BCUT2D eigenvalue weighted by molar-refractivity contribution is 7.91. The lowest BCUT2D eigenvalue weighted by Crippen LogP contribution is -2.22. The Bertz CT molecular complexity index is 255. The van der Waals surface area contributed by atoms with Gasteiger partial charge in [-0.2, -0.15) is 0 Å². The predicted molar refractivity (Wildman–Crippen MR) is 54.3 cm³/mol. The highest BCUT2D eigenvalue weighted by Gasteiger charge is 2.44. The summed E-state index contributed by atoms with van der Waals surface area (Å²) in [5, 5.41) is 0. The molecule has 0 aromatic rings. The molecule has 1 rings (SSSR count). The van der Waals surface area contributed by atoms with Gasteiger partial charge in [-0.05, 0) is 37.6 Å². The van der Waals surface area contributed by atoms with Crippen molar-refractivity contribution in [3.8, 4) is 0 Å². The van der Waals surface area contributed by atoms with E-state index in [0.29, 0.717) is 18.1 Å². The second-order valence-electron chi connectivity index (χ2n) is 4.13. The van der Waals surface area contributed by atoms with Gasteiger partial charge in [0.25, 0.3) is 0 Å². The monoisotopic (exact) mass is 205 g/mol. The Morgan fingerprint density at radius 2 is 2.00 bits per heavy atom. The van der Waals surface area contributed by atoms with Gasteiger partial charge in [0.15, 0.2) is 9.84 Å². The van der Waals surface area contributed by atoms with Crippen LogP contribution in [0, 0.1) is 5.41 Å². The first-order chi connectivity index (χ1) is 6.04. The van der Waals surface area contributed by atoms with Crippen molar-refractivity contribution in [3.05, 3.63) is 0 Å². The van der Waals surface area contributed by atoms with Crippen LogP contribution in [0.5, 0.6) is 0 Å². The molecule has 1 fully saturated rings. The largest absolute Gasteiger partial charge is 0.330 e. The van der Waals surface area contributed by atoms with Crippen LogP contribution in [0.15, 0.2) is 0 Å². The van der Waals surface area contributed by atoms with E-state index in [1.807, 2.05) is 6.92 Å². The minimum atomic E-state index is -2.80. The summed E-state index contributed by atoms with van der Waals surface area (Å²) in [6, 6.07) is 0. The number of nitrogens with two attached hydrogens (primary N) is 1. The van der Waals surface area contributed by atoms with Crippen molar-refractivity contribution in [2.75, 3.05) is 18.1 Å². The van der Waals surface area contributed by atoms with Crippen LogP contribution in [-0.4, -0.2) is 26.5 Å². The van der Waals surface area contributed by atoms with Crippen LogP contribution in [0.2, 0.25) is 0 Å². The van der Waals surface area contributed by atoms with Crippen molar-refractivity contribution in [2.24, 2.45) is 11.1 Å². The molecule has 4 heteroatoms. The molecule has 1 saturated carbocycles. The Morgan fingerprint density at radius 3 is 2.38 bits per heavy atom. The third-order valence-electron chi connectivity index (χ3n) is 2.67. The third-order valence-corrected chi connectivity index (χ3v) is 4.76. The van der Waals surface area contributed by atoms with E-state index in [9.17, 15) is 8.42 Å². The highest BCUT2D eigenvalue weighted by Crippen LogP contribution is 2.49. The molecule has 0 spiro atoms. The van der Waals surface area contributed by atoms with Gasteiger partial charge in [-0.25, -0.2) is 8.42 Å². The van der Waals surface area contributed by atoms with E-state index >= 15 is 0 Å². The number of sulfone groups is 1. The molecule has 0 aliphatic heterocycles. The zero-order valence-corrected chi connectivity index (χ0v) is 9.07. The van der Waals surface area contributed by atoms with E-state index in [1.54, 1.807) is 0 Å². The van der Waals surface area contributed by atoms with Gasteiger partial charge in [0.2, 0.25) is 0 Å². The van der Waals surface area contributed by atoms with Crippen molar-refractivity contribution >= 4 is 9.84 Å². The molecule has 0 aromatic heterocycles. The molecule has 1 aliphatic rings. The van der Waals surface area contributed by atoms with Crippen molar-refractivity contribution in [1.82, 2.24) is 0 Å². The minimum absolute atomic E-state index is 0.0722. The molecule has 0 heterocycles. The van der Waals surface area contributed by atoms with E-state index < -0.39 is 9.84 Å². The van der Waals surface area contributed by atoms with Crippen LogP contribution >= 0.6 is 0 Å². The van der Waals surface area contributed by atoms with Gasteiger partial charge in [0.1, 0.15) is 0 Å². The molecule has 0 aromatic carbocycles. The van der Waals surface area contributed by atoms with Crippen LogP contribution in [-0.2, 0) is 9.84 Å². The fourth-order valence-electron chi connectivity index (χ4n) is 1.80. The molecule has 0 atom stereocenters. The normalized spacial score (nSPS) is 20.2. The summed E-state index contributed by atoms with van der Waals surface area (Å²) in [6.07, 6.45) is 3.69. The second-order valence-corrected chi connectivity index (χ2v) is 6.31. The zero-order chi connectivity index (χ0) is 9.95. The van der Waals surface area contributed by atoms with Crippen molar-refractivity contribution in [1.29, 1.82) is 0 Å². The molecular formula is C9H19NO2S. The lowest BCUT2D eigenvalue weighted by atomic mass is 10.1.